The summed E-state index contributed by atoms with van der Waals surface area (Å²) in [5.41, 5.74) is 15.1. The van der Waals surface area contributed by atoms with Gasteiger partial charge in [-0.3, -0.25) is 0 Å². The molecule has 0 spiro atoms. The molecular formula is C15H17N5O. The van der Waals surface area contributed by atoms with Gasteiger partial charge in [0.25, 0.3) is 0 Å². The summed E-state index contributed by atoms with van der Waals surface area (Å²) >= 11 is 0. The van der Waals surface area contributed by atoms with Gasteiger partial charge in [-0.05, 0) is 24.6 Å². The van der Waals surface area contributed by atoms with Gasteiger partial charge in [0.05, 0.1) is 11.5 Å². The van der Waals surface area contributed by atoms with Crippen LogP contribution in [0.3, 0.4) is 0 Å². The van der Waals surface area contributed by atoms with Crippen molar-refractivity contribution in [3.63, 3.8) is 0 Å². The molecule has 0 aliphatic heterocycles. The van der Waals surface area contributed by atoms with Crippen LogP contribution < -0.4 is 11.5 Å². The number of aromatic nitrogens is 3. The number of nitrogen functional groups attached to an aromatic ring is 2. The summed E-state index contributed by atoms with van der Waals surface area (Å²) in [5, 5.41) is 10.4. The van der Waals surface area contributed by atoms with Gasteiger partial charge in [-0.25, -0.2) is 9.97 Å². The van der Waals surface area contributed by atoms with E-state index in [0.29, 0.717) is 18.1 Å². The maximum atomic E-state index is 9.64. The molecule has 0 aliphatic carbocycles. The first kappa shape index (κ1) is 13.4. The first-order valence-corrected chi connectivity index (χ1v) is 6.69. The summed E-state index contributed by atoms with van der Waals surface area (Å²) in [6.45, 7) is 2.18. The van der Waals surface area contributed by atoms with E-state index in [-0.39, 0.29) is 0 Å². The quantitative estimate of drug-likeness (QED) is 0.634. The van der Waals surface area contributed by atoms with E-state index in [1.54, 1.807) is 6.92 Å². The van der Waals surface area contributed by atoms with Crippen molar-refractivity contribution in [2.24, 2.45) is 0 Å². The third-order valence-corrected chi connectivity index (χ3v) is 3.37. The van der Waals surface area contributed by atoms with E-state index in [9.17, 15) is 5.11 Å². The lowest BCUT2D eigenvalue weighted by Crippen LogP contribution is -2.11. The van der Waals surface area contributed by atoms with E-state index in [4.69, 9.17) is 11.5 Å². The molecule has 0 aliphatic rings. The third-order valence-electron chi connectivity index (χ3n) is 3.37. The van der Waals surface area contributed by atoms with Gasteiger partial charge in [0.15, 0.2) is 0 Å². The van der Waals surface area contributed by atoms with Crippen LogP contribution in [0.15, 0.2) is 36.8 Å². The van der Waals surface area contributed by atoms with Gasteiger partial charge in [-0.2, -0.15) is 0 Å². The van der Waals surface area contributed by atoms with Crippen LogP contribution in [0.2, 0.25) is 0 Å². The fourth-order valence-electron chi connectivity index (χ4n) is 2.45. The number of nitrogens with zero attached hydrogens (tertiary/aromatic N) is 3. The molecule has 21 heavy (non-hydrogen) atoms. The van der Waals surface area contributed by atoms with Crippen LogP contribution in [0.1, 0.15) is 6.92 Å². The molecule has 6 heteroatoms. The van der Waals surface area contributed by atoms with Gasteiger partial charge in [-0.1, -0.05) is 12.1 Å². The molecular weight excluding hydrogens is 266 g/mol. The highest BCUT2D eigenvalue weighted by molar-refractivity contribution is 6.00. The van der Waals surface area contributed by atoms with Crippen molar-refractivity contribution < 1.29 is 5.11 Å². The van der Waals surface area contributed by atoms with Gasteiger partial charge in [0.2, 0.25) is 0 Å². The number of aliphatic hydroxyl groups is 1. The summed E-state index contributed by atoms with van der Waals surface area (Å²) in [6.07, 6.45) is 2.90. The number of hydrogen-bond donors (Lipinski definition) is 3. The van der Waals surface area contributed by atoms with Gasteiger partial charge in [0, 0.05) is 24.0 Å². The first-order chi connectivity index (χ1) is 10.1. The second-order valence-corrected chi connectivity index (χ2v) is 5.12. The Balaban J connectivity index is 2.24. The molecule has 0 bridgehead atoms. The average Bonchev–Trinajstić information content (AvgIpc) is 2.79. The van der Waals surface area contributed by atoms with Crippen molar-refractivity contribution in [3.05, 3.63) is 36.8 Å². The van der Waals surface area contributed by atoms with Crippen LogP contribution in [0, 0.1) is 0 Å². The van der Waals surface area contributed by atoms with Crippen molar-refractivity contribution in [1.82, 2.24) is 14.5 Å². The molecule has 1 atom stereocenters. The van der Waals surface area contributed by atoms with E-state index in [1.807, 2.05) is 35.0 Å². The van der Waals surface area contributed by atoms with Crippen molar-refractivity contribution in [2.45, 2.75) is 19.6 Å². The number of benzene rings is 1. The highest BCUT2D eigenvalue weighted by Crippen LogP contribution is 2.32. The molecule has 2 aromatic heterocycles. The van der Waals surface area contributed by atoms with E-state index < -0.39 is 6.10 Å². The van der Waals surface area contributed by atoms with E-state index in [2.05, 4.69) is 9.97 Å². The monoisotopic (exact) mass is 283 g/mol. The summed E-state index contributed by atoms with van der Waals surface area (Å²) < 4.78 is 1.89. The van der Waals surface area contributed by atoms with Crippen LogP contribution in [0.5, 0.6) is 0 Å². The van der Waals surface area contributed by atoms with Crippen molar-refractivity contribution in [1.29, 1.82) is 0 Å². The molecule has 3 aromatic rings. The minimum absolute atomic E-state index is 0.427. The second-order valence-electron chi connectivity index (χ2n) is 5.12. The molecule has 1 aromatic carbocycles. The van der Waals surface area contributed by atoms with Crippen molar-refractivity contribution in [2.75, 3.05) is 11.5 Å². The zero-order chi connectivity index (χ0) is 15.0. The van der Waals surface area contributed by atoms with E-state index in [0.717, 1.165) is 22.2 Å². The fourth-order valence-corrected chi connectivity index (χ4v) is 2.45. The maximum absolute atomic E-state index is 9.64. The zero-order valence-corrected chi connectivity index (χ0v) is 11.7. The maximum Gasteiger partial charge on any atom is 0.146 e. The lowest BCUT2D eigenvalue weighted by atomic mass is 10.1. The Morgan fingerprint density at radius 1 is 1.19 bits per heavy atom. The molecule has 1 unspecified atom stereocenters. The number of aliphatic hydroxyl groups excluding tert-OH is 1. The predicted molar refractivity (Wildman–Crippen MR) is 83.5 cm³/mol. The van der Waals surface area contributed by atoms with Crippen LogP contribution in [0.25, 0.3) is 22.2 Å². The summed E-state index contributed by atoms with van der Waals surface area (Å²) in [4.78, 5) is 8.36. The Morgan fingerprint density at radius 2 is 1.90 bits per heavy atom. The molecule has 0 fully saturated rings. The van der Waals surface area contributed by atoms with Gasteiger partial charge in [0.1, 0.15) is 17.8 Å². The topological polar surface area (TPSA) is 103 Å². The Morgan fingerprint density at radius 3 is 2.57 bits per heavy atom. The van der Waals surface area contributed by atoms with Crippen LogP contribution in [0.4, 0.5) is 11.5 Å². The SMILES string of the molecule is CC(O)Cn1cc(-c2ccc(N)cc2)c2c(N)ncnc21. The summed E-state index contributed by atoms with van der Waals surface area (Å²) in [7, 11) is 0. The molecule has 5 N–H and O–H groups in total. The van der Waals surface area contributed by atoms with E-state index in [1.165, 1.54) is 6.33 Å². The Labute approximate surface area is 122 Å². The van der Waals surface area contributed by atoms with Gasteiger partial charge >= 0.3 is 0 Å². The summed E-state index contributed by atoms with van der Waals surface area (Å²) in [6, 6.07) is 7.55. The summed E-state index contributed by atoms with van der Waals surface area (Å²) in [5.74, 6) is 0.427. The minimum Gasteiger partial charge on any atom is -0.399 e. The lowest BCUT2D eigenvalue weighted by Gasteiger charge is -2.06. The normalized spacial score (nSPS) is 12.7. The predicted octanol–water partition coefficient (Wildman–Crippen LogP) is 1.64. The molecule has 6 nitrogen and oxygen atoms in total. The van der Waals surface area contributed by atoms with Crippen molar-refractivity contribution in [3.8, 4) is 11.1 Å². The van der Waals surface area contributed by atoms with E-state index >= 15 is 0 Å². The highest BCUT2D eigenvalue weighted by atomic mass is 16.3. The second kappa shape index (κ2) is 5.06. The Hall–Kier alpha value is -2.60. The first-order valence-electron chi connectivity index (χ1n) is 6.69. The van der Waals surface area contributed by atoms with Gasteiger partial charge < -0.3 is 21.1 Å². The molecule has 0 saturated heterocycles. The lowest BCUT2D eigenvalue weighted by molar-refractivity contribution is 0.175. The zero-order valence-electron chi connectivity index (χ0n) is 11.7. The molecule has 0 saturated carbocycles. The molecule has 0 radical (unpaired) electrons. The fraction of sp³-hybridized carbons (Fsp3) is 0.200. The number of rotatable bonds is 3. The number of hydrogen-bond acceptors (Lipinski definition) is 5. The minimum atomic E-state index is -0.476. The number of fused-ring (bicyclic) bond motifs is 1. The Kier molecular flexibility index (Phi) is 3.23. The van der Waals surface area contributed by atoms with Crippen LogP contribution in [-0.4, -0.2) is 25.7 Å². The standard InChI is InChI=1S/C15H17N5O/c1-9(21)6-20-7-12(10-2-4-11(16)5-3-10)13-14(17)18-8-19-15(13)20/h2-5,7-9,21H,6,16H2,1H3,(H2,17,18,19). The van der Waals surface area contributed by atoms with Crippen LogP contribution in [-0.2, 0) is 6.54 Å². The number of anilines is 2. The third kappa shape index (κ3) is 2.41. The molecule has 108 valence electrons. The molecule has 3 rings (SSSR count). The highest BCUT2D eigenvalue weighted by Gasteiger charge is 2.15. The molecule has 0 amide bonds. The van der Waals surface area contributed by atoms with Crippen molar-refractivity contribution >= 4 is 22.5 Å². The largest absolute Gasteiger partial charge is 0.399 e. The smallest absolute Gasteiger partial charge is 0.146 e. The number of nitrogens with two attached hydrogens (primary N) is 2. The van der Waals surface area contributed by atoms with Gasteiger partial charge in [-0.15, -0.1) is 0 Å². The Bertz CT molecular complexity index is 777. The average molecular weight is 283 g/mol. The van der Waals surface area contributed by atoms with Crippen LogP contribution >= 0.6 is 0 Å². The molecule has 2 heterocycles.